The molecule has 1 unspecified atom stereocenters. The van der Waals surface area contributed by atoms with Gasteiger partial charge in [0.2, 0.25) is 0 Å². The number of likely N-dealkylation sites (N-methyl/N-ethyl adjacent to an activating group) is 1. The maximum atomic E-state index is 12.0. The van der Waals surface area contributed by atoms with Crippen LogP contribution in [0.5, 0.6) is 5.75 Å². The van der Waals surface area contributed by atoms with Gasteiger partial charge in [0.1, 0.15) is 18.9 Å². The van der Waals surface area contributed by atoms with Crippen LogP contribution in [0.3, 0.4) is 0 Å². The van der Waals surface area contributed by atoms with E-state index in [1.54, 1.807) is 0 Å². The van der Waals surface area contributed by atoms with Gasteiger partial charge in [0.05, 0.1) is 34.4 Å². The van der Waals surface area contributed by atoms with Gasteiger partial charge in [0.25, 0.3) is 0 Å². The summed E-state index contributed by atoms with van der Waals surface area (Å²) in [5, 5.41) is 0. The Morgan fingerprint density at radius 1 is 0.816 bits per heavy atom. The van der Waals surface area contributed by atoms with Crippen LogP contribution in [0.25, 0.3) is 0 Å². The summed E-state index contributed by atoms with van der Waals surface area (Å²) < 4.78 is 28.7. The highest BCUT2D eigenvalue weighted by atomic mass is 31.2. The number of rotatable bonds is 23. The predicted octanol–water partition coefficient (Wildman–Crippen LogP) is 8.04. The van der Waals surface area contributed by atoms with Gasteiger partial charge in [-0.2, -0.15) is 0 Å². The molecule has 1 aromatic rings. The minimum Gasteiger partial charge on any atom is -0.494 e. The molecule has 1 atom stereocenters. The van der Waals surface area contributed by atoms with Crippen LogP contribution in [-0.4, -0.2) is 56.9 Å². The minimum absolute atomic E-state index is 0.116. The number of unbranched alkanes of at least 4 members (excludes halogenated alkanes) is 6. The lowest BCUT2D eigenvalue weighted by Crippen LogP contribution is -2.37. The highest BCUT2D eigenvalue weighted by Crippen LogP contribution is 2.43. The molecule has 0 aromatic heterocycles. The second kappa shape index (κ2) is 21.2. The van der Waals surface area contributed by atoms with Gasteiger partial charge in [-0.1, -0.05) is 81.2 Å². The molecule has 0 bridgehead atoms. The highest BCUT2D eigenvalue weighted by Gasteiger charge is 2.22. The standard InChI is InChI=1S/C31H52NO5P/c1-5-6-7-8-9-10-11-12-13-14-15-16-17-18-19-20-26-35-31-23-21-22-30(29-31)24-27-36-38(33,34)37-28-25-32(2,3)4/h6-7,9-10,12-13,21-23,29H,5,8,11,14-20,24-28H2,1-4H3/p+1/b7-6-,10-9-,13-12-. The van der Waals surface area contributed by atoms with Crippen molar-refractivity contribution in [1.29, 1.82) is 0 Å². The molecule has 6 nitrogen and oxygen atoms in total. The third-order valence-corrected chi connectivity index (χ3v) is 6.89. The quantitative estimate of drug-likeness (QED) is 0.0647. The van der Waals surface area contributed by atoms with E-state index < -0.39 is 7.82 Å². The molecule has 1 N–H and O–H groups in total. The molecule has 216 valence electrons. The monoisotopic (exact) mass is 550 g/mol. The van der Waals surface area contributed by atoms with Gasteiger partial charge in [-0.3, -0.25) is 9.05 Å². The first-order valence-electron chi connectivity index (χ1n) is 14.3. The first-order valence-corrected chi connectivity index (χ1v) is 15.8. The van der Waals surface area contributed by atoms with Crippen molar-refractivity contribution in [3.05, 3.63) is 66.3 Å². The number of phosphoric ester groups is 1. The van der Waals surface area contributed by atoms with Gasteiger partial charge in [0.15, 0.2) is 0 Å². The van der Waals surface area contributed by atoms with E-state index in [-0.39, 0.29) is 13.2 Å². The number of quaternary nitrogens is 1. The van der Waals surface area contributed by atoms with Gasteiger partial charge in [-0.15, -0.1) is 0 Å². The molecule has 0 aliphatic carbocycles. The summed E-state index contributed by atoms with van der Waals surface area (Å²) in [6.45, 7) is 3.78. The molecule has 7 heteroatoms. The molecule has 0 spiro atoms. The number of benzene rings is 1. The van der Waals surface area contributed by atoms with Crippen molar-refractivity contribution in [1.82, 2.24) is 0 Å². The Morgan fingerprint density at radius 3 is 2.16 bits per heavy atom. The molecule has 1 aromatic carbocycles. The van der Waals surface area contributed by atoms with Crippen molar-refractivity contribution in [2.75, 3.05) is 47.5 Å². The van der Waals surface area contributed by atoms with Crippen LogP contribution < -0.4 is 4.74 Å². The fraction of sp³-hybridized carbons (Fsp3) is 0.613. The van der Waals surface area contributed by atoms with E-state index in [2.05, 4.69) is 43.4 Å². The van der Waals surface area contributed by atoms with Crippen molar-refractivity contribution >= 4 is 7.82 Å². The van der Waals surface area contributed by atoms with Crippen LogP contribution in [0.15, 0.2) is 60.7 Å². The molecule has 0 saturated heterocycles. The van der Waals surface area contributed by atoms with Crippen molar-refractivity contribution in [2.45, 2.75) is 77.6 Å². The molecule has 0 aliphatic rings. The van der Waals surface area contributed by atoms with Gasteiger partial charge in [0, 0.05) is 0 Å². The Morgan fingerprint density at radius 2 is 1.45 bits per heavy atom. The SMILES string of the molecule is CC/C=C\C/C=C\C/C=C\CCCCCCCCOc1cccc(CCOP(=O)(O)OCC[N+](C)(C)C)c1. The fourth-order valence-corrected chi connectivity index (χ4v) is 4.33. The zero-order valence-electron chi connectivity index (χ0n) is 24.4. The maximum Gasteiger partial charge on any atom is 0.472 e. The summed E-state index contributed by atoms with van der Waals surface area (Å²) >= 11 is 0. The average molecular weight is 551 g/mol. The van der Waals surface area contributed by atoms with E-state index in [1.165, 1.54) is 38.5 Å². The molecule has 1 rings (SSSR count). The molecule has 0 saturated carbocycles. The zero-order chi connectivity index (χ0) is 28.0. The lowest BCUT2D eigenvalue weighted by Gasteiger charge is -2.24. The number of ether oxygens (including phenoxy) is 1. The average Bonchev–Trinajstić information content (AvgIpc) is 2.85. The first-order chi connectivity index (χ1) is 18.2. The highest BCUT2D eigenvalue weighted by molar-refractivity contribution is 7.47. The van der Waals surface area contributed by atoms with Crippen molar-refractivity contribution in [3.63, 3.8) is 0 Å². The number of hydrogen-bond donors (Lipinski definition) is 1. The van der Waals surface area contributed by atoms with Crippen LogP contribution >= 0.6 is 7.82 Å². The summed E-state index contributed by atoms with van der Waals surface area (Å²) in [5.41, 5.74) is 1.00. The van der Waals surface area contributed by atoms with Crippen LogP contribution in [0.4, 0.5) is 0 Å². The van der Waals surface area contributed by atoms with E-state index in [4.69, 9.17) is 13.8 Å². The van der Waals surface area contributed by atoms with Gasteiger partial charge in [-0.25, -0.2) is 4.57 Å². The molecule has 0 radical (unpaired) electrons. The summed E-state index contributed by atoms with van der Waals surface area (Å²) in [5.74, 6) is 0.827. The topological polar surface area (TPSA) is 65.0 Å². The van der Waals surface area contributed by atoms with E-state index in [0.717, 1.165) is 37.0 Å². The minimum atomic E-state index is -4.02. The van der Waals surface area contributed by atoms with E-state index in [9.17, 15) is 9.46 Å². The molecular formula is C31H53NO5P+. The third-order valence-electron chi connectivity index (χ3n) is 5.87. The summed E-state index contributed by atoms with van der Waals surface area (Å²) in [7, 11) is 1.97. The maximum absolute atomic E-state index is 12.0. The van der Waals surface area contributed by atoms with Crippen LogP contribution in [-0.2, 0) is 20.0 Å². The van der Waals surface area contributed by atoms with Crippen LogP contribution in [0, 0.1) is 0 Å². The molecule has 0 aliphatic heterocycles. The van der Waals surface area contributed by atoms with Crippen molar-refractivity contribution < 1.29 is 27.7 Å². The molecule has 0 heterocycles. The van der Waals surface area contributed by atoms with Gasteiger partial charge < -0.3 is 14.1 Å². The molecule has 38 heavy (non-hydrogen) atoms. The van der Waals surface area contributed by atoms with Crippen LogP contribution in [0.2, 0.25) is 0 Å². The molecule has 0 fully saturated rings. The van der Waals surface area contributed by atoms with E-state index >= 15 is 0 Å². The second-order valence-corrected chi connectivity index (χ2v) is 12.1. The second-order valence-electron chi connectivity index (χ2n) is 10.6. The number of nitrogens with zero attached hydrogens (tertiary/aromatic N) is 1. The Bertz CT molecular complexity index is 860. The van der Waals surface area contributed by atoms with Gasteiger partial charge >= 0.3 is 7.82 Å². The first kappa shape index (κ1) is 34.3. The van der Waals surface area contributed by atoms with Gasteiger partial charge in [-0.05, 0) is 62.6 Å². The predicted molar refractivity (Wildman–Crippen MR) is 160 cm³/mol. The Labute approximate surface area is 232 Å². The molecule has 0 amide bonds. The molecular weight excluding hydrogens is 497 g/mol. The number of hydrogen-bond acceptors (Lipinski definition) is 4. The Balaban J connectivity index is 2.06. The smallest absolute Gasteiger partial charge is 0.472 e. The zero-order valence-corrected chi connectivity index (χ0v) is 25.2. The largest absolute Gasteiger partial charge is 0.494 e. The lowest BCUT2D eigenvalue weighted by atomic mass is 10.1. The fourth-order valence-electron chi connectivity index (χ4n) is 3.62. The lowest BCUT2D eigenvalue weighted by molar-refractivity contribution is -0.870. The Kier molecular flexibility index (Phi) is 19.1. The van der Waals surface area contributed by atoms with E-state index in [0.29, 0.717) is 24.1 Å². The number of allylic oxidation sites excluding steroid dienone is 6. The van der Waals surface area contributed by atoms with Crippen molar-refractivity contribution in [3.8, 4) is 5.75 Å². The summed E-state index contributed by atoms with van der Waals surface area (Å²) in [6.07, 6.45) is 25.7. The summed E-state index contributed by atoms with van der Waals surface area (Å²) in [6, 6.07) is 7.82. The Hall–Kier alpha value is -1.69. The normalized spacial score (nSPS) is 14.1. The third kappa shape index (κ3) is 21.3. The summed E-state index contributed by atoms with van der Waals surface area (Å²) in [4.78, 5) is 9.83. The van der Waals surface area contributed by atoms with Crippen molar-refractivity contribution in [2.24, 2.45) is 0 Å². The van der Waals surface area contributed by atoms with E-state index in [1.807, 2.05) is 45.4 Å². The number of phosphoric acid groups is 1. The van der Waals surface area contributed by atoms with Crippen LogP contribution in [0.1, 0.15) is 76.7 Å².